The van der Waals surface area contributed by atoms with Gasteiger partial charge in [0.15, 0.2) is 6.61 Å². The van der Waals surface area contributed by atoms with Crippen LogP contribution in [-0.4, -0.2) is 50.3 Å². The van der Waals surface area contributed by atoms with Crippen LogP contribution in [0.15, 0.2) is 29.2 Å². The number of amides is 1. The molecule has 1 aromatic rings. The van der Waals surface area contributed by atoms with Crippen molar-refractivity contribution in [1.29, 1.82) is 0 Å². The van der Waals surface area contributed by atoms with E-state index in [4.69, 9.17) is 4.74 Å². The largest absolute Gasteiger partial charge is 0.452 e. The van der Waals surface area contributed by atoms with Gasteiger partial charge < -0.3 is 10.1 Å². The fourth-order valence-corrected chi connectivity index (χ4v) is 5.62. The molecule has 1 aliphatic heterocycles. The van der Waals surface area contributed by atoms with Gasteiger partial charge >= 0.3 is 5.97 Å². The maximum atomic E-state index is 12.9. The van der Waals surface area contributed by atoms with Crippen molar-refractivity contribution in [3.63, 3.8) is 0 Å². The van der Waals surface area contributed by atoms with Gasteiger partial charge in [-0.25, -0.2) is 13.2 Å². The molecule has 1 amide bonds. The molecule has 0 aromatic heterocycles. The zero-order valence-corrected chi connectivity index (χ0v) is 18.1. The fraction of sp³-hybridized carbons (Fsp3) is 0.619. The van der Waals surface area contributed by atoms with Crippen molar-refractivity contribution >= 4 is 21.9 Å². The number of hydrogen-bond donors (Lipinski definition) is 1. The van der Waals surface area contributed by atoms with E-state index >= 15 is 0 Å². The van der Waals surface area contributed by atoms with Gasteiger partial charge in [0.2, 0.25) is 10.0 Å². The summed E-state index contributed by atoms with van der Waals surface area (Å²) in [7, 11) is -3.59. The Balaban J connectivity index is 1.57. The van der Waals surface area contributed by atoms with E-state index < -0.39 is 16.0 Å². The zero-order valence-electron chi connectivity index (χ0n) is 17.3. The summed E-state index contributed by atoms with van der Waals surface area (Å²) in [6.45, 7) is 6.72. The van der Waals surface area contributed by atoms with E-state index in [9.17, 15) is 18.0 Å². The topological polar surface area (TPSA) is 92.8 Å². The van der Waals surface area contributed by atoms with Crippen molar-refractivity contribution in [3.05, 3.63) is 29.8 Å². The molecule has 1 aromatic carbocycles. The van der Waals surface area contributed by atoms with E-state index in [1.54, 1.807) is 0 Å². The summed E-state index contributed by atoms with van der Waals surface area (Å²) in [4.78, 5) is 24.2. The molecule has 0 radical (unpaired) electrons. The number of carbonyl (C=O) groups is 2. The van der Waals surface area contributed by atoms with E-state index in [1.807, 2.05) is 6.92 Å². The number of sulfonamides is 1. The van der Waals surface area contributed by atoms with E-state index in [0.29, 0.717) is 30.8 Å². The number of rotatable bonds is 7. The Bertz CT molecular complexity index is 838. The number of benzene rings is 1. The fourth-order valence-electron chi connectivity index (χ4n) is 3.94. The highest BCUT2D eigenvalue weighted by atomic mass is 32.2. The van der Waals surface area contributed by atoms with Crippen molar-refractivity contribution in [1.82, 2.24) is 9.62 Å². The Hall–Kier alpha value is -1.93. The lowest BCUT2D eigenvalue weighted by molar-refractivity contribution is -0.124. The maximum Gasteiger partial charge on any atom is 0.338 e. The molecular weight excluding hydrogens is 392 g/mol. The van der Waals surface area contributed by atoms with Crippen molar-refractivity contribution in [2.45, 2.75) is 51.0 Å². The minimum atomic E-state index is -3.59. The smallest absolute Gasteiger partial charge is 0.338 e. The predicted molar refractivity (Wildman–Crippen MR) is 109 cm³/mol. The molecular formula is C21H30N2O5S. The standard InChI is InChI=1S/C21H30N2O5S/c1-14-10-15(2)12-23(11-14)29(26,27)19-8-6-18(7-9-19)21(25)28-13-20(24)22-16(3)17-4-5-17/h6-9,14-17H,4-5,10-13H2,1-3H3,(H,22,24)/t14-,15+,16-/m0/s1. The molecule has 0 spiro atoms. The molecule has 1 heterocycles. The van der Waals surface area contributed by atoms with E-state index in [0.717, 1.165) is 19.3 Å². The molecule has 3 rings (SSSR count). The number of piperidine rings is 1. The molecule has 0 bridgehead atoms. The number of esters is 1. The van der Waals surface area contributed by atoms with Crippen molar-refractivity contribution in [2.24, 2.45) is 17.8 Å². The highest BCUT2D eigenvalue weighted by Gasteiger charge is 2.32. The summed E-state index contributed by atoms with van der Waals surface area (Å²) >= 11 is 0. The number of nitrogens with zero attached hydrogens (tertiary/aromatic N) is 1. The molecule has 7 nitrogen and oxygen atoms in total. The molecule has 8 heteroatoms. The van der Waals surface area contributed by atoms with Crippen molar-refractivity contribution in [2.75, 3.05) is 19.7 Å². The van der Waals surface area contributed by atoms with Gasteiger partial charge in [-0.15, -0.1) is 0 Å². The first-order valence-electron chi connectivity index (χ1n) is 10.2. The van der Waals surface area contributed by atoms with Gasteiger partial charge in [0.25, 0.3) is 5.91 Å². The Labute approximate surface area is 172 Å². The molecule has 1 aliphatic carbocycles. The van der Waals surface area contributed by atoms with Gasteiger partial charge in [0.05, 0.1) is 10.5 Å². The summed E-state index contributed by atoms with van der Waals surface area (Å²) in [6.07, 6.45) is 3.25. The molecule has 3 atom stereocenters. The second-order valence-electron chi connectivity index (χ2n) is 8.56. The SMILES string of the molecule is C[C@@H]1C[C@H](C)CN(S(=O)(=O)c2ccc(C(=O)OCC(=O)N[C@@H](C)C3CC3)cc2)C1. The predicted octanol–water partition coefficient (Wildman–Crippen LogP) is 2.42. The molecule has 2 aliphatic rings. The third-order valence-electron chi connectivity index (χ3n) is 5.62. The number of ether oxygens (including phenoxy) is 1. The maximum absolute atomic E-state index is 12.9. The number of nitrogens with one attached hydrogen (secondary N) is 1. The first kappa shape index (κ1) is 21.8. The summed E-state index contributed by atoms with van der Waals surface area (Å²) < 4.78 is 32.4. The average Bonchev–Trinajstić information content (AvgIpc) is 3.51. The third kappa shape index (κ3) is 5.57. The number of hydrogen-bond acceptors (Lipinski definition) is 5. The monoisotopic (exact) mass is 422 g/mol. The second-order valence-corrected chi connectivity index (χ2v) is 10.5. The molecule has 160 valence electrons. The van der Waals surface area contributed by atoms with Gasteiger partial charge in [-0.2, -0.15) is 4.31 Å². The van der Waals surface area contributed by atoms with Crippen LogP contribution < -0.4 is 5.32 Å². The minimum Gasteiger partial charge on any atom is -0.452 e. The van der Waals surface area contributed by atoms with Crippen LogP contribution in [0.2, 0.25) is 0 Å². The van der Waals surface area contributed by atoms with Crippen LogP contribution in [-0.2, 0) is 19.6 Å². The highest BCUT2D eigenvalue weighted by molar-refractivity contribution is 7.89. The van der Waals surface area contributed by atoms with Crippen LogP contribution in [0.5, 0.6) is 0 Å². The summed E-state index contributed by atoms with van der Waals surface area (Å²) in [6, 6.07) is 5.79. The Morgan fingerprint density at radius 3 is 2.28 bits per heavy atom. The molecule has 1 saturated carbocycles. The molecule has 0 unspecified atom stereocenters. The van der Waals surface area contributed by atoms with E-state index in [-0.39, 0.29) is 29.0 Å². The quantitative estimate of drug-likeness (QED) is 0.681. The van der Waals surface area contributed by atoms with Crippen molar-refractivity contribution in [3.8, 4) is 0 Å². The van der Waals surface area contributed by atoms with E-state index in [2.05, 4.69) is 19.2 Å². The molecule has 2 fully saturated rings. The van der Waals surface area contributed by atoms with Crippen molar-refractivity contribution < 1.29 is 22.7 Å². The highest BCUT2D eigenvalue weighted by Crippen LogP contribution is 2.32. The first-order valence-corrected chi connectivity index (χ1v) is 11.7. The average molecular weight is 423 g/mol. The zero-order chi connectivity index (χ0) is 21.2. The normalized spacial score (nSPS) is 24.0. The van der Waals surface area contributed by atoms with E-state index in [1.165, 1.54) is 28.6 Å². The molecule has 29 heavy (non-hydrogen) atoms. The lowest BCUT2D eigenvalue weighted by atomic mass is 9.94. The lowest BCUT2D eigenvalue weighted by Gasteiger charge is -2.34. The summed E-state index contributed by atoms with van der Waals surface area (Å²) in [5.74, 6) is 0.178. The van der Waals surface area contributed by atoms with Crippen LogP contribution >= 0.6 is 0 Å². The Morgan fingerprint density at radius 2 is 1.72 bits per heavy atom. The van der Waals surface area contributed by atoms with Crippen LogP contribution in [0.4, 0.5) is 0 Å². The van der Waals surface area contributed by atoms with Gasteiger partial charge in [-0.1, -0.05) is 13.8 Å². The summed E-state index contributed by atoms with van der Waals surface area (Å²) in [5, 5.41) is 2.82. The third-order valence-corrected chi connectivity index (χ3v) is 7.46. The lowest BCUT2D eigenvalue weighted by Crippen LogP contribution is -2.42. The number of carbonyl (C=O) groups excluding carboxylic acids is 2. The molecule has 1 N–H and O–H groups in total. The Morgan fingerprint density at radius 1 is 1.14 bits per heavy atom. The van der Waals surface area contributed by atoms with Gasteiger partial charge in [-0.3, -0.25) is 4.79 Å². The Kier molecular flexibility index (Phi) is 6.63. The van der Waals surface area contributed by atoms with Crippen LogP contribution in [0.25, 0.3) is 0 Å². The summed E-state index contributed by atoms with van der Waals surface area (Å²) in [5.41, 5.74) is 0.215. The van der Waals surface area contributed by atoms with Gasteiger partial charge in [0, 0.05) is 19.1 Å². The minimum absolute atomic E-state index is 0.0888. The first-order chi connectivity index (χ1) is 13.7. The van der Waals surface area contributed by atoms with Gasteiger partial charge in [0.1, 0.15) is 0 Å². The second kappa shape index (κ2) is 8.83. The molecule has 1 saturated heterocycles. The van der Waals surface area contributed by atoms with Crippen LogP contribution in [0.1, 0.15) is 50.4 Å². The van der Waals surface area contributed by atoms with Gasteiger partial charge in [-0.05, 0) is 68.2 Å². The van der Waals surface area contributed by atoms with Crippen LogP contribution in [0, 0.1) is 17.8 Å². The van der Waals surface area contributed by atoms with Crippen LogP contribution in [0.3, 0.4) is 0 Å².